The van der Waals surface area contributed by atoms with E-state index in [0.29, 0.717) is 63.5 Å². The Hall–Kier alpha value is -4.54. The van der Waals surface area contributed by atoms with Gasteiger partial charge in [-0.3, -0.25) is 9.80 Å². The summed E-state index contributed by atoms with van der Waals surface area (Å²) >= 11 is 0. The molecule has 0 N–H and O–H groups in total. The van der Waals surface area contributed by atoms with Gasteiger partial charge in [0.1, 0.15) is 50.1 Å². The van der Waals surface area contributed by atoms with E-state index >= 15 is 8.78 Å². The van der Waals surface area contributed by atoms with E-state index in [0.717, 1.165) is 32.2 Å². The molecule has 2 aromatic carbocycles. The molecule has 5 atom stereocenters. The summed E-state index contributed by atoms with van der Waals surface area (Å²) in [4.78, 5) is 29.8. The Kier molecular flexibility index (Phi) is 10.8. The van der Waals surface area contributed by atoms with Crippen molar-refractivity contribution in [2.75, 3.05) is 37.7 Å². The predicted octanol–water partition coefficient (Wildman–Crippen LogP) is 10.6. The number of ether oxygens (including phenoxy) is 3. The Balaban J connectivity index is 1.21. The van der Waals surface area contributed by atoms with Crippen molar-refractivity contribution in [1.29, 1.82) is 0 Å². The molecule has 2 aromatic heterocycles. The smallest absolute Gasteiger partial charge is 0.410 e. The van der Waals surface area contributed by atoms with Gasteiger partial charge in [-0.05, 0) is 81.1 Å². The van der Waals surface area contributed by atoms with Crippen molar-refractivity contribution in [3.8, 4) is 34.5 Å². The van der Waals surface area contributed by atoms with Crippen LogP contribution in [0.4, 0.5) is 23.7 Å². The molecular weight excluding hydrogens is 808 g/mol. The van der Waals surface area contributed by atoms with Crippen LogP contribution in [0.5, 0.6) is 11.8 Å². The van der Waals surface area contributed by atoms with Gasteiger partial charge in [-0.25, -0.2) is 27.9 Å². The van der Waals surface area contributed by atoms with Crippen LogP contribution in [0.2, 0.25) is 16.6 Å². The maximum absolute atomic E-state index is 17.9. The third-order valence-corrected chi connectivity index (χ3v) is 21.0. The van der Waals surface area contributed by atoms with Gasteiger partial charge in [-0.1, -0.05) is 71.7 Å². The Morgan fingerprint density at radius 2 is 1.76 bits per heavy atom. The minimum absolute atomic E-state index is 0.0162. The molecule has 1 amide bonds. The fraction of sp³-hybridized carbons (Fsp3) is 0.571. The number of halogens is 3. The third-order valence-electron chi connectivity index (χ3n) is 14.7. The van der Waals surface area contributed by atoms with Gasteiger partial charge in [0.2, 0.25) is 11.8 Å². The van der Waals surface area contributed by atoms with Gasteiger partial charge in [0.05, 0.1) is 40.3 Å². The molecule has 7 heterocycles. The standard InChI is InChI=1S/C49H60F3N5O4Si/c1-28(2)62(29(3)4,30(5)6)21-18-34-36(51)16-14-31-12-10-13-35(41(31)34)44-43(52)45-42-38(22-40(53-45)60-27-49-19-11-20-55(49)24-32(50)23-49)56-25-33-15-17-37(39(56)26-59-46(42)54-44)57(33)47(58)61-48(7,8)9/h10,12-14,16,22,28-30,32-33,37,39H,11,15,17,19-20,23-27H2,1-9H3/t32-,33-,37+,39-,49+/m1/s1. The van der Waals surface area contributed by atoms with Gasteiger partial charge < -0.3 is 19.1 Å². The van der Waals surface area contributed by atoms with Crippen LogP contribution < -0.4 is 14.4 Å². The largest absolute Gasteiger partial charge is 0.476 e. The normalized spacial score (nSPS) is 24.7. The quantitative estimate of drug-likeness (QED) is 0.134. The van der Waals surface area contributed by atoms with E-state index in [-0.39, 0.29) is 66.0 Å². The lowest BCUT2D eigenvalue weighted by atomic mass is 9.95. The van der Waals surface area contributed by atoms with E-state index in [1.807, 2.05) is 43.9 Å². The molecule has 2 bridgehead atoms. The van der Waals surface area contributed by atoms with E-state index in [2.05, 4.69) is 62.8 Å². The summed E-state index contributed by atoms with van der Waals surface area (Å²) in [6.45, 7) is 20.9. The molecule has 13 heteroatoms. The summed E-state index contributed by atoms with van der Waals surface area (Å²) in [7, 11) is -2.29. The highest BCUT2D eigenvalue weighted by Crippen LogP contribution is 2.48. The first-order valence-electron chi connectivity index (χ1n) is 22.6. The zero-order valence-electron chi connectivity index (χ0n) is 37.6. The van der Waals surface area contributed by atoms with Crippen molar-refractivity contribution < 1.29 is 32.2 Å². The topological polar surface area (TPSA) is 80.3 Å². The highest BCUT2D eigenvalue weighted by Gasteiger charge is 2.52. The first-order chi connectivity index (χ1) is 29.4. The van der Waals surface area contributed by atoms with Crippen LogP contribution in [0.15, 0.2) is 36.4 Å². The number of fused-ring (bicyclic) bond motifs is 7. The number of carbonyl (C=O) groups is 1. The van der Waals surface area contributed by atoms with Crippen molar-refractivity contribution in [2.45, 2.75) is 146 Å². The van der Waals surface area contributed by atoms with Crippen LogP contribution in [0.3, 0.4) is 0 Å². The molecule has 9 nitrogen and oxygen atoms in total. The summed E-state index contributed by atoms with van der Waals surface area (Å²) in [6, 6.07) is 9.74. The summed E-state index contributed by atoms with van der Waals surface area (Å²) < 4.78 is 68.1. The minimum atomic E-state index is -2.29. The van der Waals surface area contributed by atoms with Crippen molar-refractivity contribution in [2.24, 2.45) is 0 Å². The Bertz CT molecular complexity index is 2480. The zero-order chi connectivity index (χ0) is 44.0. The van der Waals surface area contributed by atoms with Crippen molar-refractivity contribution >= 4 is 41.5 Å². The molecular formula is C49H60F3N5O4Si. The van der Waals surface area contributed by atoms with E-state index in [4.69, 9.17) is 24.2 Å². The van der Waals surface area contributed by atoms with Crippen LogP contribution in [0.1, 0.15) is 100.0 Å². The maximum Gasteiger partial charge on any atom is 0.410 e. The number of nitrogens with zero attached hydrogens (tertiary/aromatic N) is 5. The number of hydrogen-bond donors (Lipinski definition) is 0. The molecule has 5 aliphatic heterocycles. The second kappa shape index (κ2) is 15.6. The fourth-order valence-electron chi connectivity index (χ4n) is 12.0. The van der Waals surface area contributed by atoms with E-state index < -0.39 is 37.0 Å². The van der Waals surface area contributed by atoms with Gasteiger partial charge in [-0.2, -0.15) is 0 Å². The van der Waals surface area contributed by atoms with Gasteiger partial charge in [-0.15, -0.1) is 5.54 Å². The summed E-state index contributed by atoms with van der Waals surface area (Å²) in [5.41, 5.74) is 4.79. The fourth-order valence-corrected chi connectivity index (χ4v) is 17.2. The highest BCUT2D eigenvalue weighted by atomic mass is 28.3. The number of carbonyl (C=O) groups excluding carboxylic acids is 1. The van der Waals surface area contributed by atoms with E-state index in [1.54, 1.807) is 12.1 Å². The Morgan fingerprint density at radius 1 is 1.00 bits per heavy atom. The number of pyridine rings is 2. The molecule has 0 unspecified atom stereocenters. The number of alkyl halides is 1. The van der Waals surface area contributed by atoms with Crippen molar-refractivity contribution in [3.05, 3.63) is 53.6 Å². The molecule has 5 aliphatic rings. The molecule has 62 heavy (non-hydrogen) atoms. The monoisotopic (exact) mass is 867 g/mol. The predicted molar refractivity (Wildman–Crippen MR) is 240 cm³/mol. The SMILES string of the molecule is CC(C)[Si](C#Cc1c(F)ccc2cccc(-c3nc4c5c(cc(OC[C@@]67CCCN6C[C@H](F)C7)nc5c3F)N3C[C@H]5CC[C@@H]([C@H]3CO4)N5C(=O)OC(C)(C)C)c12)(C(C)C)C(C)C. The molecule has 0 aliphatic carbocycles. The van der Waals surface area contributed by atoms with Gasteiger partial charge >= 0.3 is 6.09 Å². The van der Waals surface area contributed by atoms with Crippen molar-refractivity contribution in [3.63, 3.8) is 0 Å². The van der Waals surface area contributed by atoms with Gasteiger partial charge in [0.25, 0.3) is 0 Å². The Morgan fingerprint density at radius 3 is 2.48 bits per heavy atom. The van der Waals surface area contributed by atoms with E-state index in [9.17, 15) is 9.18 Å². The van der Waals surface area contributed by atoms with Crippen LogP contribution >= 0.6 is 0 Å². The zero-order valence-corrected chi connectivity index (χ0v) is 38.6. The van der Waals surface area contributed by atoms with Crippen LogP contribution in [-0.4, -0.2) is 102 Å². The number of piperazine rings is 1. The average Bonchev–Trinajstić information content (AvgIpc) is 3.81. The lowest BCUT2D eigenvalue weighted by molar-refractivity contribution is 0.00546. The molecule has 0 spiro atoms. The summed E-state index contributed by atoms with van der Waals surface area (Å²) in [5, 5.41) is 1.59. The molecule has 9 rings (SSSR count). The van der Waals surface area contributed by atoms with Crippen LogP contribution in [0, 0.1) is 23.1 Å². The second-order valence-corrected chi connectivity index (χ2v) is 25.9. The highest BCUT2D eigenvalue weighted by molar-refractivity contribution is 6.90. The molecule has 4 saturated heterocycles. The minimum Gasteiger partial charge on any atom is -0.476 e. The van der Waals surface area contributed by atoms with Crippen LogP contribution in [-0.2, 0) is 4.74 Å². The summed E-state index contributed by atoms with van der Waals surface area (Å²) in [5.74, 6) is 2.60. The molecule has 4 aromatic rings. The number of aromatic nitrogens is 2. The second-order valence-electron chi connectivity index (χ2n) is 20.3. The molecule has 0 saturated carbocycles. The average molecular weight is 868 g/mol. The number of hydrogen-bond acceptors (Lipinski definition) is 8. The third kappa shape index (κ3) is 6.98. The van der Waals surface area contributed by atoms with Crippen molar-refractivity contribution in [1.82, 2.24) is 19.8 Å². The number of benzene rings is 2. The maximum atomic E-state index is 17.9. The molecule has 0 radical (unpaired) electrons. The molecule has 4 fully saturated rings. The number of rotatable bonds is 7. The molecule has 330 valence electrons. The van der Waals surface area contributed by atoms with Crippen LogP contribution in [0.25, 0.3) is 32.9 Å². The summed E-state index contributed by atoms with van der Waals surface area (Å²) in [6.07, 6.45) is 2.38. The van der Waals surface area contributed by atoms with Gasteiger partial charge in [0, 0.05) is 36.5 Å². The Labute approximate surface area is 364 Å². The van der Waals surface area contributed by atoms with E-state index in [1.165, 1.54) is 6.07 Å². The first-order valence-corrected chi connectivity index (χ1v) is 24.9. The number of amides is 1. The van der Waals surface area contributed by atoms with Gasteiger partial charge in [0.15, 0.2) is 5.82 Å². The first kappa shape index (κ1) is 42.7. The lowest BCUT2D eigenvalue weighted by Gasteiger charge is -2.47. The number of anilines is 1. The lowest BCUT2D eigenvalue weighted by Crippen LogP contribution is -2.63.